The van der Waals surface area contributed by atoms with Crippen LogP contribution in [0.1, 0.15) is 25.7 Å². The molecule has 1 aliphatic rings. The van der Waals surface area contributed by atoms with E-state index in [4.69, 9.17) is 10.5 Å². The third-order valence-electron chi connectivity index (χ3n) is 4.18. The molecule has 0 spiro atoms. The maximum atomic E-state index is 12.6. The van der Waals surface area contributed by atoms with E-state index in [9.17, 15) is 18.5 Å². The number of hydrogen-bond acceptors (Lipinski definition) is 6. The molecular formula is C14H21N3O5S. The van der Waals surface area contributed by atoms with Crippen LogP contribution in [0, 0.1) is 16.0 Å². The van der Waals surface area contributed by atoms with Crippen LogP contribution >= 0.6 is 0 Å². The SMILES string of the molecule is COc1cc([N+](=O)[O-])ccc1S(=O)(=O)NC(CN)C1CCCC1. The minimum absolute atomic E-state index is 0.0612. The lowest BCUT2D eigenvalue weighted by Crippen LogP contribution is -2.44. The zero-order valence-electron chi connectivity index (χ0n) is 12.9. The fourth-order valence-electron chi connectivity index (χ4n) is 2.95. The molecule has 0 amide bonds. The Bertz CT molecular complexity index is 671. The van der Waals surface area contributed by atoms with Crippen LogP contribution in [-0.4, -0.2) is 33.0 Å². The molecule has 8 nitrogen and oxygen atoms in total. The maximum absolute atomic E-state index is 12.6. The minimum Gasteiger partial charge on any atom is -0.495 e. The first-order valence-corrected chi connectivity index (χ1v) is 8.92. The van der Waals surface area contributed by atoms with Crippen LogP contribution in [0.5, 0.6) is 5.75 Å². The Balaban J connectivity index is 2.29. The zero-order chi connectivity index (χ0) is 17.0. The molecule has 9 heteroatoms. The number of non-ortho nitro benzene ring substituents is 1. The highest BCUT2D eigenvalue weighted by Crippen LogP contribution is 2.31. The third-order valence-corrected chi connectivity index (χ3v) is 5.71. The van der Waals surface area contributed by atoms with Crippen molar-refractivity contribution < 1.29 is 18.1 Å². The molecule has 0 heterocycles. The van der Waals surface area contributed by atoms with Gasteiger partial charge >= 0.3 is 0 Å². The molecule has 23 heavy (non-hydrogen) atoms. The summed E-state index contributed by atoms with van der Waals surface area (Å²) in [6, 6.07) is 3.08. The van der Waals surface area contributed by atoms with Crippen molar-refractivity contribution in [3.8, 4) is 5.75 Å². The molecule has 1 aliphatic carbocycles. The van der Waals surface area contributed by atoms with Gasteiger partial charge in [0.05, 0.1) is 18.1 Å². The second-order valence-electron chi connectivity index (χ2n) is 5.60. The van der Waals surface area contributed by atoms with E-state index < -0.39 is 14.9 Å². The summed E-state index contributed by atoms with van der Waals surface area (Å²) < 4.78 is 32.8. The first-order valence-electron chi connectivity index (χ1n) is 7.44. The molecule has 1 aromatic carbocycles. The summed E-state index contributed by atoms with van der Waals surface area (Å²) in [6.07, 6.45) is 4.04. The second kappa shape index (κ2) is 7.24. The summed E-state index contributed by atoms with van der Waals surface area (Å²) in [5.41, 5.74) is 5.50. The molecule has 1 aromatic rings. The number of sulfonamides is 1. The van der Waals surface area contributed by atoms with Gasteiger partial charge in [-0.05, 0) is 24.8 Å². The first kappa shape index (κ1) is 17.6. The molecule has 128 valence electrons. The predicted octanol–water partition coefficient (Wildman–Crippen LogP) is 1.40. The number of benzene rings is 1. The maximum Gasteiger partial charge on any atom is 0.273 e. The normalized spacial score (nSPS) is 17.1. The summed E-state index contributed by atoms with van der Waals surface area (Å²) in [6.45, 7) is 0.208. The minimum atomic E-state index is -3.87. The van der Waals surface area contributed by atoms with Crippen molar-refractivity contribution >= 4 is 15.7 Å². The van der Waals surface area contributed by atoms with Gasteiger partial charge in [0.25, 0.3) is 5.69 Å². The van der Waals surface area contributed by atoms with Gasteiger partial charge in [-0.2, -0.15) is 0 Å². The van der Waals surface area contributed by atoms with Gasteiger partial charge < -0.3 is 10.5 Å². The van der Waals surface area contributed by atoms with Gasteiger partial charge in [0.1, 0.15) is 10.6 Å². The van der Waals surface area contributed by atoms with Gasteiger partial charge in [0, 0.05) is 18.7 Å². The van der Waals surface area contributed by atoms with Crippen molar-refractivity contribution in [2.24, 2.45) is 11.7 Å². The lowest BCUT2D eigenvalue weighted by molar-refractivity contribution is -0.385. The van der Waals surface area contributed by atoms with Gasteiger partial charge in [-0.1, -0.05) is 12.8 Å². The predicted molar refractivity (Wildman–Crippen MR) is 84.8 cm³/mol. The van der Waals surface area contributed by atoms with E-state index in [0.717, 1.165) is 37.8 Å². The topological polar surface area (TPSA) is 125 Å². The summed E-state index contributed by atoms with van der Waals surface area (Å²) in [4.78, 5) is 10.1. The molecule has 1 fully saturated rings. The number of rotatable bonds is 7. The quantitative estimate of drug-likeness (QED) is 0.569. The van der Waals surface area contributed by atoms with Crippen LogP contribution in [0.4, 0.5) is 5.69 Å². The van der Waals surface area contributed by atoms with Gasteiger partial charge in [-0.3, -0.25) is 10.1 Å². The zero-order valence-corrected chi connectivity index (χ0v) is 13.7. The molecule has 1 unspecified atom stereocenters. The van der Waals surface area contributed by atoms with E-state index in [0.29, 0.717) is 0 Å². The Morgan fingerprint density at radius 1 is 1.43 bits per heavy atom. The van der Waals surface area contributed by atoms with Crippen molar-refractivity contribution in [2.45, 2.75) is 36.6 Å². The number of nitro benzene ring substituents is 1. The fraction of sp³-hybridized carbons (Fsp3) is 0.571. The molecule has 0 bridgehead atoms. The third kappa shape index (κ3) is 3.98. The Kier molecular flexibility index (Phi) is 5.55. The van der Waals surface area contributed by atoms with Crippen molar-refractivity contribution in [3.63, 3.8) is 0 Å². The highest BCUT2D eigenvalue weighted by Gasteiger charge is 2.30. The Labute approximate surface area is 135 Å². The lowest BCUT2D eigenvalue weighted by Gasteiger charge is -2.23. The number of nitrogens with two attached hydrogens (primary N) is 1. The fourth-order valence-corrected chi connectivity index (χ4v) is 4.42. The first-order chi connectivity index (χ1) is 10.9. The molecule has 0 aliphatic heterocycles. The number of nitrogens with one attached hydrogen (secondary N) is 1. The van der Waals surface area contributed by atoms with Crippen molar-refractivity contribution in [1.29, 1.82) is 0 Å². The smallest absolute Gasteiger partial charge is 0.273 e. The van der Waals surface area contributed by atoms with E-state index in [2.05, 4.69) is 4.72 Å². The summed E-state index contributed by atoms with van der Waals surface area (Å²) in [7, 11) is -2.60. The summed E-state index contributed by atoms with van der Waals surface area (Å²) >= 11 is 0. The van der Waals surface area contributed by atoms with E-state index in [1.165, 1.54) is 13.2 Å². The van der Waals surface area contributed by atoms with Gasteiger partial charge in [-0.25, -0.2) is 13.1 Å². The Morgan fingerprint density at radius 2 is 2.09 bits per heavy atom. The molecule has 1 saturated carbocycles. The van der Waals surface area contributed by atoms with Crippen LogP contribution in [0.25, 0.3) is 0 Å². The van der Waals surface area contributed by atoms with E-state index >= 15 is 0 Å². The monoisotopic (exact) mass is 343 g/mol. The Hall–Kier alpha value is -1.71. The summed E-state index contributed by atoms with van der Waals surface area (Å²) in [5.74, 6) is 0.160. The van der Waals surface area contributed by atoms with Gasteiger partial charge in [-0.15, -0.1) is 0 Å². The number of nitrogens with zero attached hydrogens (tertiary/aromatic N) is 1. The van der Waals surface area contributed by atoms with Crippen molar-refractivity contribution in [2.75, 3.05) is 13.7 Å². The number of hydrogen-bond donors (Lipinski definition) is 2. The van der Waals surface area contributed by atoms with Gasteiger partial charge in [0.15, 0.2) is 0 Å². The standard InChI is InChI=1S/C14H21N3O5S/c1-22-13-8-11(17(18)19)6-7-14(13)23(20,21)16-12(9-15)10-4-2-3-5-10/h6-8,10,12,16H,2-5,9,15H2,1H3. The number of ether oxygens (including phenoxy) is 1. The van der Waals surface area contributed by atoms with Crippen LogP contribution in [0.2, 0.25) is 0 Å². The van der Waals surface area contributed by atoms with Gasteiger partial charge in [0.2, 0.25) is 10.0 Å². The van der Waals surface area contributed by atoms with Crippen LogP contribution in [-0.2, 0) is 10.0 Å². The number of methoxy groups -OCH3 is 1. The largest absolute Gasteiger partial charge is 0.495 e. The molecule has 0 radical (unpaired) electrons. The van der Waals surface area contributed by atoms with E-state index in [1.807, 2.05) is 0 Å². The van der Waals surface area contributed by atoms with Crippen LogP contribution < -0.4 is 15.2 Å². The highest BCUT2D eigenvalue weighted by atomic mass is 32.2. The molecule has 0 aromatic heterocycles. The Morgan fingerprint density at radius 3 is 2.61 bits per heavy atom. The molecule has 3 N–H and O–H groups in total. The molecule has 2 rings (SSSR count). The molecule has 0 saturated heterocycles. The van der Waals surface area contributed by atoms with Crippen LogP contribution in [0.15, 0.2) is 23.1 Å². The average Bonchev–Trinajstić information content (AvgIpc) is 3.06. The second-order valence-corrected chi connectivity index (χ2v) is 7.28. The van der Waals surface area contributed by atoms with Crippen molar-refractivity contribution in [1.82, 2.24) is 4.72 Å². The average molecular weight is 343 g/mol. The molecule has 1 atom stereocenters. The lowest BCUT2D eigenvalue weighted by atomic mass is 9.99. The van der Waals surface area contributed by atoms with E-state index in [-0.39, 0.29) is 34.8 Å². The van der Waals surface area contributed by atoms with Crippen molar-refractivity contribution in [3.05, 3.63) is 28.3 Å². The van der Waals surface area contributed by atoms with Crippen LogP contribution in [0.3, 0.4) is 0 Å². The number of nitro groups is 1. The highest BCUT2D eigenvalue weighted by molar-refractivity contribution is 7.89. The van der Waals surface area contributed by atoms with E-state index in [1.54, 1.807) is 0 Å². The molecular weight excluding hydrogens is 322 g/mol. The summed E-state index contributed by atoms with van der Waals surface area (Å²) in [5, 5.41) is 10.8.